The van der Waals surface area contributed by atoms with Crippen LogP contribution in [0.1, 0.15) is 42.6 Å². The number of piperidine rings is 1. The van der Waals surface area contributed by atoms with Gasteiger partial charge in [0.2, 0.25) is 0 Å². The van der Waals surface area contributed by atoms with E-state index in [-0.39, 0.29) is 11.8 Å². The highest BCUT2D eigenvalue weighted by Crippen LogP contribution is 2.22. The summed E-state index contributed by atoms with van der Waals surface area (Å²) in [5, 5.41) is 1.95. The molecule has 0 aliphatic carbocycles. The molecule has 0 unspecified atom stereocenters. The van der Waals surface area contributed by atoms with Gasteiger partial charge in [0.15, 0.2) is 6.10 Å². The summed E-state index contributed by atoms with van der Waals surface area (Å²) in [6.07, 6.45) is -0.177. The van der Waals surface area contributed by atoms with Gasteiger partial charge in [0.25, 0.3) is 11.8 Å². The zero-order valence-corrected chi connectivity index (χ0v) is 16.4. The van der Waals surface area contributed by atoms with Crippen molar-refractivity contribution in [1.82, 2.24) is 10.2 Å². The van der Waals surface area contributed by atoms with Crippen LogP contribution in [-0.4, -0.2) is 47.9 Å². The lowest BCUT2D eigenvalue weighted by Gasteiger charge is -2.32. The highest BCUT2D eigenvalue weighted by atomic mass is 16.5. The molecule has 1 heterocycles. The van der Waals surface area contributed by atoms with E-state index in [9.17, 15) is 19.2 Å². The molecule has 8 nitrogen and oxygen atoms in total. The predicted molar refractivity (Wildman–Crippen MR) is 102 cm³/mol. The highest BCUT2D eigenvalue weighted by Gasteiger charge is 2.33. The molecule has 1 aromatic rings. The number of ether oxygens (including phenoxy) is 1. The number of likely N-dealkylation sites (tertiary alicyclic amines) is 1. The van der Waals surface area contributed by atoms with Crippen LogP contribution in [0.2, 0.25) is 0 Å². The summed E-state index contributed by atoms with van der Waals surface area (Å²) in [7, 11) is 0. The van der Waals surface area contributed by atoms with Gasteiger partial charge < -0.3 is 15.4 Å². The molecular formula is C20H27N3O5. The number of hydrogen-bond donors (Lipinski definition) is 2. The van der Waals surface area contributed by atoms with Crippen LogP contribution in [0.5, 0.6) is 0 Å². The van der Waals surface area contributed by atoms with E-state index in [1.165, 1.54) is 0 Å². The SMILES string of the molecule is Cc1ccccc1C(=O)N1CCC(C(=O)O[C@H](C(=O)NC(N)=O)C(C)C)CC1. The Morgan fingerprint density at radius 2 is 1.75 bits per heavy atom. The zero-order chi connectivity index (χ0) is 20.8. The van der Waals surface area contributed by atoms with Crippen molar-refractivity contribution >= 4 is 23.8 Å². The molecule has 4 amide bonds. The molecule has 0 bridgehead atoms. The van der Waals surface area contributed by atoms with Crippen LogP contribution in [0.3, 0.4) is 0 Å². The monoisotopic (exact) mass is 389 g/mol. The fourth-order valence-electron chi connectivity index (χ4n) is 3.21. The van der Waals surface area contributed by atoms with Gasteiger partial charge in [0.05, 0.1) is 5.92 Å². The fourth-order valence-corrected chi connectivity index (χ4v) is 3.21. The minimum Gasteiger partial charge on any atom is -0.452 e. The van der Waals surface area contributed by atoms with Crippen molar-refractivity contribution in [2.45, 2.75) is 39.7 Å². The Morgan fingerprint density at radius 1 is 1.14 bits per heavy atom. The molecular weight excluding hydrogens is 362 g/mol. The molecule has 0 aromatic heterocycles. The van der Waals surface area contributed by atoms with E-state index in [0.717, 1.165) is 5.56 Å². The van der Waals surface area contributed by atoms with Crippen molar-refractivity contribution in [3.63, 3.8) is 0 Å². The molecule has 0 spiro atoms. The molecule has 1 atom stereocenters. The van der Waals surface area contributed by atoms with Crippen molar-refractivity contribution in [2.24, 2.45) is 17.6 Å². The van der Waals surface area contributed by atoms with Crippen molar-refractivity contribution in [3.05, 3.63) is 35.4 Å². The fraction of sp³-hybridized carbons (Fsp3) is 0.500. The van der Waals surface area contributed by atoms with E-state index < -0.39 is 29.9 Å². The second kappa shape index (κ2) is 9.34. The average molecular weight is 389 g/mol. The maximum atomic E-state index is 12.7. The zero-order valence-electron chi connectivity index (χ0n) is 16.4. The highest BCUT2D eigenvalue weighted by molar-refractivity contribution is 5.97. The number of hydrogen-bond acceptors (Lipinski definition) is 5. The van der Waals surface area contributed by atoms with Crippen LogP contribution in [0.25, 0.3) is 0 Å². The molecule has 1 saturated heterocycles. The van der Waals surface area contributed by atoms with E-state index in [2.05, 4.69) is 0 Å². The van der Waals surface area contributed by atoms with Crippen LogP contribution in [0.15, 0.2) is 24.3 Å². The molecule has 0 radical (unpaired) electrons. The molecule has 8 heteroatoms. The smallest absolute Gasteiger partial charge is 0.318 e. The first kappa shape index (κ1) is 21.4. The Bertz CT molecular complexity index is 754. The summed E-state index contributed by atoms with van der Waals surface area (Å²) in [6.45, 7) is 6.18. The first-order valence-corrected chi connectivity index (χ1v) is 9.36. The molecule has 152 valence electrons. The molecule has 1 fully saturated rings. The lowest BCUT2D eigenvalue weighted by atomic mass is 9.95. The number of carbonyl (C=O) groups excluding carboxylic acids is 4. The summed E-state index contributed by atoms with van der Waals surface area (Å²) >= 11 is 0. The molecule has 0 saturated carbocycles. The maximum Gasteiger partial charge on any atom is 0.318 e. The Kier molecular flexibility index (Phi) is 7.14. The molecule has 1 aliphatic heterocycles. The van der Waals surface area contributed by atoms with Gasteiger partial charge in [-0.15, -0.1) is 0 Å². The second-order valence-electron chi connectivity index (χ2n) is 7.34. The van der Waals surface area contributed by atoms with Gasteiger partial charge in [-0.25, -0.2) is 4.79 Å². The Morgan fingerprint density at radius 3 is 2.29 bits per heavy atom. The van der Waals surface area contributed by atoms with Crippen molar-refractivity contribution in [2.75, 3.05) is 13.1 Å². The normalized spacial score (nSPS) is 15.8. The van der Waals surface area contributed by atoms with E-state index in [1.54, 1.807) is 24.8 Å². The lowest BCUT2D eigenvalue weighted by Crippen LogP contribution is -2.47. The first-order chi connectivity index (χ1) is 13.2. The molecule has 1 aliphatic rings. The van der Waals surface area contributed by atoms with E-state index >= 15 is 0 Å². The average Bonchev–Trinajstić information content (AvgIpc) is 2.65. The van der Waals surface area contributed by atoms with Crippen molar-refractivity contribution in [1.29, 1.82) is 0 Å². The number of aryl methyl sites for hydroxylation is 1. The number of benzene rings is 1. The Balaban J connectivity index is 1.94. The summed E-state index contributed by atoms with van der Waals surface area (Å²) in [4.78, 5) is 49.8. The number of amides is 4. The first-order valence-electron chi connectivity index (χ1n) is 9.36. The molecule has 3 N–H and O–H groups in total. The number of urea groups is 1. The predicted octanol–water partition coefficient (Wildman–Crippen LogP) is 1.61. The van der Waals surface area contributed by atoms with Crippen LogP contribution < -0.4 is 11.1 Å². The lowest BCUT2D eigenvalue weighted by molar-refractivity contribution is -0.163. The van der Waals surface area contributed by atoms with Gasteiger partial charge in [0.1, 0.15) is 0 Å². The standard InChI is InChI=1S/C20H27N3O5/c1-12(2)16(17(24)22-20(21)27)28-19(26)14-8-10-23(11-9-14)18(25)15-7-5-4-6-13(15)3/h4-7,12,14,16H,8-11H2,1-3H3,(H3,21,22,24,27)/t16-/m0/s1. The number of nitrogens with two attached hydrogens (primary N) is 1. The van der Waals surface area contributed by atoms with Crippen LogP contribution >= 0.6 is 0 Å². The molecule has 1 aromatic carbocycles. The Labute approximate surface area is 164 Å². The number of imide groups is 1. The van der Waals surface area contributed by atoms with Crippen LogP contribution in [0.4, 0.5) is 4.79 Å². The summed E-state index contributed by atoms with van der Waals surface area (Å²) < 4.78 is 5.35. The second-order valence-corrected chi connectivity index (χ2v) is 7.34. The summed E-state index contributed by atoms with van der Waals surface area (Å²) in [6, 6.07) is 6.40. The Hall–Kier alpha value is -2.90. The van der Waals surface area contributed by atoms with E-state index in [4.69, 9.17) is 10.5 Å². The van der Waals surface area contributed by atoms with Gasteiger partial charge in [-0.2, -0.15) is 0 Å². The third-order valence-corrected chi connectivity index (χ3v) is 4.84. The van der Waals surface area contributed by atoms with Gasteiger partial charge in [0, 0.05) is 18.7 Å². The van der Waals surface area contributed by atoms with Gasteiger partial charge in [-0.05, 0) is 37.3 Å². The molecule has 28 heavy (non-hydrogen) atoms. The van der Waals surface area contributed by atoms with Crippen molar-refractivity contribution in [3.8, 4) is 0 Å². The van der Waals surface area contributed by atoms with E-state index in [0.29, 0.717) is 31.5 Å². The summed E-state index contributed by atoms with van der Waals surface area (Å²) in [5.41, 5.74) is 6.53. The number of rotatable bonds is 5. The topological polar surface area (TPSA) is 119 Å². The quantitative estimate of drug-likeness (QED) is 0.742. The number of nitrogens with zero attached hydrogens (tertiary/aromatic N) is 1. The molecule has 2 rings (SSSR count). The van der Waals surface area contributed by atoms with E-state index in [1.807, 2.05) is 30.4 Å². The number of nitrogens with one attached hydrogen (secondary N) is 1. The van der Waals surface area contributed by atoms with Gasteiger partial charge in [-0.1, -0.05) is 32.0 Å². The third kappa shape index (κ3) is 5.31. The largest absolute Gasteiger partial charge is 0.452 e. The van der Waals surface area contributed by atoms with Crippen molar-refractivity contribution < 1.29 is 23.9 Å². The number of esters is 1. The van der Waals surface area contributed by atoms with Gasteiger partial charge >= 0.3 is 12.0 Å². The number of primary amides is 1. The third-order valence-electron chi connectivity index (χ3n) is 4.84. The van der Waals surface area contributed by atoms with Gasteiger partial charge in [-0.3, -0.25) is 19.7 Å². The van der Waals surface area contributed by atoms with Crippen LogP contribution in [-0.2, 0) is 14.3 Å². The summed E-state index contributed by atoms with van der Waals surface area (Å²) in [5.74, 6) is -2.00. The maximum absolute atomic E-state index is 12.7. The minimum atomic E-state index is -1.09. The van der Waals surface area contributed by atoms with Crippen LogP contribution in [0, 0.1) is 18.8 Å². The minimum absolute atomic E-state index is 0.0502. The number of carbonyl (C=O) groups is 4.